The van der Waals surface area contributed by atoms with Crippen LogP contribution in [-0.4, -0.2) is 29.8 Å². The van der Waals surface area contributed by atoms with E-state index in [2.05, 4.69) is 12.2 Å². The zero-order valence-corrected chi connectivity index (χ0v) is 17.2. The molecule has 3 N–H and O–H groups in total. The Bertz CT molecular complexity index is 828. The molecule has 0 saturated carbocycles. The summed E-state index contributed by atoms with van der Waals surface area (Å²) in [5.41, 5.74) is 9.56. The number of benzene rings is 2. The van der Waals surface area contributed by atoms with E-state index in [1.54, 1.807) is 18.2 Å². The highest BCUT2D eigenvalue weighted by atomic mass is 35.5. The number of nitrogens with two attached hydrogens (primary N) is 1. The first kappa shape index (κ1) is 21.8. The van der Waals surface area contributed by atoms with Crippen LogP contribution in [0.25, 0.3) is 0 Å². The van der Waals surface area contributed by atoms with Gasteiger partial charge in [-0.2, -0.15) is 0 Å². The highest BCUT2D eigenvalue weighted by molar-refractivity contribution is 5.97. The van der Waals surface area contributed by atoms with E-state index in [1.165, 1.54) is 0 Å². The SMILES string of the molecule is Cc1cc(C(=O)N2CCC(C)CC2)ccc1NC(=O)Cc1ccc(N)cc1.Cl. The zero-order valence-electron chi connectivity index (χ0n) is 16.4. The Morgan fingerprint density at radius 2 is 1.75 bits per heavy atom. The van der Waals surface area contributed by atoms with Crippen LogP contribution < -0.4 is 11.1 Å². The zero-order chi connectivity index (χ0) is 19.4. The quantitative estimate of drug-likeness (QED) is 0.759. The highest BCUT2D eigenvalue weighted by Gasteiger charge is 2.21. The van der Waals surface area contributed by atoms with E-state index in [-0.39, 0.29) is 30.6 Å². The molecule has 2 amide bonds. The number of piperidine rings is 1. The molecule has 0 atom stereocenters. The standard InChI is InChI=1S/C22H27N3O2.ClH/c1-15-9-11-25(12-10-15)22(27)18-5-8-20(16(2)13-18)24-21(26)14-17-3-6-19(23)7-4-17;/h3-8,13,15H,9-12,14,23H2,1-2H3,(H,24,26);1H. The van der Waals surface area contributed by atoms with E-state index < -0.39 is 0 Å². The van der Waals surface area contributed by atoms with Crippen molar-refractivity contribution in [1.29, 1.82) is 0 Å². The van der Waals surface area contributed by atoms with Crippen LogP contribution in [0.5, 0.6) is 0 Å². The maximum absolute atomic E-state index is 12.7. The number of aryl methyl sites for hydroxylation is 1. The summed E-state index contributed by atoms with van der Waals surface area (Å²) >= 11 is 0. The Morgan fingerprint density at radius 3 is 2.36 bits per heavy atom. The molecule has 0 radical (unpaired) electrons. The van der Waals surface area contributed by atoms with Crippen LogP contribution >= 0.6 is 12.4 Å². The van der Waals surface area contributed by atoms with E-state index in [1.807, 2.05) is 36.1 Å². The van der Waals surface area contributed by atoms with Crippen molar-refractivity contribution in [2.75, 3.05) is 24.1 Å². The monoisotopic (exact) mass is 401 g/mol. The van der Waals surface area contributed by atoms with Crippen LogP contribution in [-0.2, 0) is 11.2 Å². The van der Waals surface area contributed by atoms with Crippen LogP contribution in [0.4, 0.5) is 11.4 Å². The van der Waals surface area contributed by atoms with E-state index in [4.69, 9.17) is 5.73 Å². The van der Waals surface area contributed by atoms with Crippen LogP contribution in [0.1, 0.15) is 41.3 Å². The molecule has 0 aromatic heterocycles. The smallest absolute Gasteiger partial charge is 0.253 e. The summed E-state index contributed by atoms with van der Waals surface area (Å²) in [5, 5.41) is 2.93. The van der Waals surface area contributed by atoms with Crippen molar-refractivity contribution in [3.05, 3.63) is 59.2 Å². The Labute approximate surface area is 172 Å². The predicted molar refractivity (Wildman–Crippen MR) is 116 cm³/mol. The fourth-order valence-corrected chi connectivity index (χ4v) is 3.35. The first-order valence-electron chi connectivity index (χ1n) is 9.46. The molecular formula is C22H28ClN3O2. The molecule has 0 aliphatic carbocycles. The number of nitrogens with zero attached hydrogens (tertiary/aromatic N) is 1. The third-order valence-corrected chi connectivity index (χ3v) is 5.16. The summed E-state index contributed by atoms with van der Waals surface area (Å²) in [6.07, 6.45) is 2.40. The van der Waals surface area contributed by atoms with Crippen LogP contribution in [0.2, 0.25) is 0 Å². The second-order valence-corrected chi connectivity index (χ2v) is 7.47. The number of amides is 2. The van der Waals surface area contributed by atoms with Gasteiger partial charge in [0.05, 0.1) is 6.42 Å². The predicted octanol–water partition coefficient (Wildman–Crippen LogP) is 4.05. The Morgan fingerprint density at radius 1 is 1.11 bits per heavy atom. The molecule has 0 spiro atoms. The van der Waals surface area contributed by atoms with Gasteiger partial charge < -0.3 is 16.0 Å². The molecule has 1 fully saturated rings. The van der Waals surface area contributed by atoms with Gasteiger partial charge in [0.2, 0.25) is 5.91 Å². The number of carbonyl (C=O) groups excluding carboxylic acids is 2. The van der Waals surface area contributed by atoms with Gasteiger partial charge in [0.25, 0.3) is 5.91 Å². The molecule has 1 aliphatic rings. The van der Waals surface area contributed by atoms with Crippen LogP contribution in [0.15, 0.2) is 42.5 Å². The van der Waals surface area contributed by atoms with Gasteiger partial charge >= 0.3 is 0 Å². The topological polar surface area (TPSA) is 75.4 Å². The Hall–Kier alpha value is -2.53. The van der Waals surface area contributed by atoms with Crippen molar-refractivity contribution in [2.45, 2.75) is 33.1 Å². The van der Waals surface area contributed by atoms with Gasteiger partial charge in [-0.05, 0) is 67.1 Å². The molecule has 3 rings (SSSR count). The molecule has 2 aromatic rings. The second-order valence-electron chi connectivity index (χ2n) is 7.47. The number of halogens is 1. The number of nitrogen functional groups attached to an aromatic ring is 1. The third kappa shape index (κ3) is 5.49. The van der Waals surface area contributed by atoms with Crippen LogP contribution in [0, 0.1) is 12.8 Å². The van der Waals surface area contributed by atoms with Crippen molar-refractivity contribution in [3.8, 4) is 0 Å². The molecule has 2 aromatic carbocycles. The van der Waals surface area contributed by atoms with Crippen molar-refractivity contribution < 1.29 is 9.59 Å². The molecule has 6 heteroatoms. The molecule has 1 heterocycles. The molecule has 1 saturated heterocycles. The number of hydrogen-bond donors (Lipinski definition) is 2. The minimum absolute atomic E-state index is 0. The molecular weight excluding hydrogens is 374 g/mol. The minimum Gasteiger partial charge on any atom is -0.399 e. The molecule has 1 aliphatic heterocycles. The van der Waals surface area contributed by atoms with Crippen LogP contribution in [0.3, 0.4) is 0 Å². The van der Waals surface area contributed by atoms with Crippen molar-refractivity contribution in [2.24, 2.45) is 5.92 Å². The summed E-state index contributed by atoms with van der Waals surface area (Å²) < 4.78 is 0. The Balaban J connectivity index is 0.00000280. The maximum Gasteiger partial charge on any atom is 0.253 e. The average Bonchev–Trinajstić information content (AvgIpc) is 2.65. The maximum atomic E-state index is 12.7. The summed E-state index contributed by atoms with van der Waals surface area (Å²) in [4.78, 5) is 26.9. The van der Waals surface area contributed by atoms with Gasteiger partial charge in [-0.3, -0.25) is 9.59 Å². The van der Waals surface area contributed by atoms with E-state index in [9.17, 15) is 9.59 Å². The van der Waals surface area contributed by atoms with E-state index in [0.717, 1.165) is 42.7 Å². The molecule has 5 nitrogen and oxygen atoms in total. The first-order chi connectivity index (χ1) is 12.9. The summed E-state index contributed by atoms with van der Waals surface area (Å²) in [6, 6.07) is 12.7. The normalized spacial score (nSPS) is 14.3. The largest absolute Gasteiger partial charge is 0.399 e. The number of hydrogen-bond acceptors (Lipinski definition) is 3. The van der Waals surface area contributed by atoms with Crippen molar-refractivity contribution in [1.82, 2.24) is 4.90 Å². The summed E-state index contributed by atoms with van der Waals surface area (Å²) in [7, 11) is 0. The van der Waals surface area contributed by atoms with Gasteiger partial charge in [0.1, 0.15) is 0 Å². The number of rotatable bonds is 4. The van der Waals surface area contributed by atoms with Crippen molar-refractivity contribution >= 4 is 35.6 Å². The fraction of sp³-hybridized carbons (Fsp3) is 0.364. The number of nitrogens with one attached hydrogen (secondary N) is 1. The number of likely N-dealkylation sites (tertiary alicyclic amines) is 1. The first-order valence-corrected chi connectivity index (χ1v) is 9.46. The fourth-order valence-electron chi connectivity index (χ4n) is 3.35. The minimum atomic E-state index is -0.0908. The number of anilines is 2. The molecule has 150 valence electrons. The molecule has 0 bridgehead atoms. The van der Waals surface area contributed by atoms with Gasteiger partial charge in [-0.1, -0.05) is 19.1 Å². The highest BCUT2D eigenvalue weighted by Crippen LogP contribution is 2.21. The lowest BCUT2D eigenvalue weighted by molar-refractivity contribution is -0.115. The summed E-state index contributed by atoms with van der Waals surface area (Å²) in [5.74, 6) is 0.672. The molecule has 0 unspecified atom stereocenters. The third-order valence-electron chi connectivity index (χ3n) is 5.16. The second kappa shape index (κ2) is 9.60. The van der Waals surface area contributed by atoms with E-state index in [0.29, 0.717) is 17.2 Å². The van der Waals surface area contributed by atoms with Gasteiger partial charge in [-0.15, -0.1) is 12.4 Å². The molecule has 28 heavy (non-hydrogen) atoms. The van der Waals surface area contributed by atoms with Crippen molar-refractivity contribution in [3.63, 3.8) is 0 Å². The lowest BCUT2D eigenvalue weighted by Crippen LogP contribution is -2.37. The summed E-state index contributed by atoms with van der Waals surface area (Å²) in [6.45, 7) is 5.78. The average molecular weight is 402 g/mol. The van der Waals surface area contributed by atoms with Gasteiger partial charge in [-0.25, -0.2) is 0 Å². The van der Waals surface area contributed by atoms with E-state index >= 15 is 0 Å². The Kier molecular flexibility index (Phi) is 7.46. The van der Waals surface area contributed by atoms with Gasteiger partial charge in [0, 0.05) is 30.0 Å². The lowest BCUT2D eigenvalue weighted by atomic mass is 9.98. The van der Waals surface area contributed by atoms with Gasteiger partial charge in [0.15, 0.2) is 0 Å². The number of carbonyl (C=O) groups is 2. The lowest BCUT2D eigenvalue weighted by Gasteiger charge is -2.30.